The first kappa shape index (κ1) is 16.5. The van der Waals surface area contributed by atoms with E-state index in [0.717, 1.165) is 6.42 Å². The second-order valence-electron chi connectivity index (χ2n) is 6.28. The Bertz CT molecular complexity index is 718. The SMILES string of the molecule is CCCN1C=NS(=O)(=O)c2cc(C(=O)NC(C)(C)C)ccc21. The van der Waals surface area contributed by atoms with E-state index >= 15 is 0 Å². The van der Waals surface area contributed by atoms with Gasteiger partial charge in [0.1, 0.15) is 11.2 Å². The number of anilines is 1. The van der Waals surface area contributed by atoms with Crippen molar-refractivity contribution in [2.75, 3.05) is 11.4 Å². The highest BCUT2D eigenvalue weighted by Crippen LogP contribution is 2.30. The first-order valence-corrected chi connectivity index (χ1v) is 8.62. The van der Waals surface area contributed by atoms with Crippen molar-refractivity contribution < 1.29 is 13.2 Å². The number of benzene rings is 1. The number of rotatable bonds is 3. The highest BCUT2D eigenvalue weighted by Gasteiger charge is 2.27. The molecule has 1 heterocycles. The molecule has 0 saturated heterocycles. The molecule has 0 fully saturated rings. The van der Waals surface area contributed by atoms with Crippen molar-refractivity contribution in [2.24, 2.45) is 4.40 Å². The van der Waals surface area contributed by atoms with Crippen molar-refractivity contribution in [3.8, 4) is 0 Å². The molecule has 1 aliphatic rings. The molecule has 6 nitrogen and oxygen atoms in total. The van der Waals surface area contributed by atoms with Crippen LogP contribution in [-0.2, 0) is 10.0 Å². The zero-order valence-corrected chi connectivity index (χ0v) is 14.1. The summed E-state index contributed by atoms with van der Waals surface area (Å²) in [6, 6.07) is 4.69. The molecule has 0 spiro atoms. The fourth-order valence-electron chi connectivity index (χ4n) is 2.17. The van der Waals surface area contributed by atoms with Gasteiger partial charge in [-0.15, -0.1) is 4.40 Å². The fourth-order valence-corrected chi connectivity index (χ4v) is 3.25. The van der Waals surface area contributed by atoms with E-state index in [-0.39, 0.29) is 10.8 Å². The molecule has 7 heteroatoms. The fraction of sp³-hybridized carbons (Fsp3) is 0.467. The summed E-state index contributed by atoms with van der Waals surface area (Å²) in [5, 5.41) is 2.82. The van der Waals surface area contributed by atoms with Crippen LogP contribution in [0.5, 0.6) is 0 Å². The average Bonchev–Trinajstić information content (AvgIpc) is 2.40. The summed E-state index contributed by atoms with van der Waals surface area (Å²) in [6.45, 7) is 8.27. The first-order chi connectivity index (χ1) is 10.1. The molecule has 0 atom stereocenters. The second kappa shape index (κ2) is 5.72. The molecule has 0 unspecified atom stereocenters. The highest BCUT2D eigenvalue weighted by atomic mass is 32.2. The molecular formula is C15H21N3O3S. The zero-order valence-electron chi connectivity index (χ0n) is 13.3. The van der Waals surface area contributed by atoms with Crippen LogP contribution in [-0.4, -0.2) is 32.7 Å². The molecule has 2 rings (SSSR count). The van der Waals surface area contributed by atoms with Gasteiger partial charge in [0.05, 0.1) is 5.69 Å². The lowest BCUT2D eigenvalue weighted by atomic mass is 10.1. The van der Waals surface area contributed by atoms with Crippen molar-refractivity contribution in [3.63, 3.8) is 0 Å². The number of amides is 1. The van der Waals surface area contributed by atoms with E-state index in [1.807, 2.05) is 27.7 Å². The van der Waals surface area contributed by atoms with Crippen LogP contribution in [0.4, 0.5) is 5.69 Å². The third-order valence-electron chi connectivity index (χ3n) is 3.09. The normalized spacial score (nSPS) is 16.3. The molecule has 0 radical (unpaired) electrons. The van der Waals surface area contributed by atoms with Crippen molar-refractivity contribution in [1.82, 2.24) is 5.32 Å². The van der Waals surface area contributed by atoms with Gasteiger partial charge >= 0.3 is 0 Å². The Morgan fingerprint density at radius 3 is 2.59 bits per heavy atom. The average molecular weight is 323 g/mol. The summed E-state index contributed by atoms with van der Waals surface area (Å²) in [7, 11) is -3.75. The summed E-state index contributed by atoms with van der Waals surface area (Å²) >= 11 is 0. The molecular weight excluding hydrogens is 302 g/mol. The quantitative estimate of drug-likeness (QED) is 0.924. The van der Waals surface area contributed by atoms with Crippen molar-refractivity contribution >= 4 is 28.0 Å². The van der Waals surface area contributed by atoms with Gasteiger partial charge in [0.25, 0.3) is 15.9 Å². The van der Waals surface area contributed by atoms with Gasteiger partial charge in [0, 0.05) is 17.6 Å². The van der Waals surface area contributed by atoms with Gasteiger partial charge in [-0.3, -0.25) is 4.79 Å². The topological polar surface area (TPSA) is 78.8 Å². The number of hydrogen-bond acceptors (Lipinski definition) is 4. The molecule has 22 heavy (non-hydrogen) atoms. The number of sulfonamides is 1. The number of nitrogens with zero attached hydrogens (tertiary/aromatic N) is 2. The van der Waals surface area contributed by atoms with E-state index in [1.165, 1.54) is 12.4 Å². The van der Waals surface area contributed by atoms with Crippen molar-refractivity contribution in [2.45, 2.75) is 44.6 Å². The van der Waals surface area contributed by atoms with Crippen LogP contribution >= 0.6 is 0 Å². The number of carbonyl (C=O) groups is 1. The zero-order chi connectivity index (χ0) is 16.5. The number of carbonyl (C=O) groups excluding carboxylic acids is 1. The maximum absolute atomic E-state index is 12.2. The summed E-state index contributed by atoms with van der Waals surface area (Å²) in [5.74, 6) is -0.304. The summed E-state index contributed by atoms with van der Waals surface area (Å²) < 4.78 is 27.9. The summed E-state index contributed by atoms with van der Waals surface area (Å²) in [4.78, 5) is 14.1. The number of fused-ring (bicyclic) bond motifs is 1. The Hall–Kier alpha value is -1.89. The lowest BCUT2D eigenvalue weighted by Gasteiger charge is -2.25. The molecule has 120 valence electrons. The third-order valence-corrected chi connectivity index (χ3v) is 4.34. The minimum atomic E-state index is -3.75. The number of nitrogens with one attached hydrogen (secondary N) is 1. The Morgan fingerprint density at radius 1 is 1.32 bits per heavy atom. The van der Waals surface area contributed by atoms with Crippen LogP contribution in [0, 0.1) is 0 Å². The Morgan fingerprint density at radius 2 is 2.00 bits per heavy atom. The van der Waals surface area contributed by atoms with E-state index in [9.17, 15) is 13.2 Å². The van der Waals surface area contributed by atoms with Crippen LogP contribution in [0.25, 0.3) is 0 Å². The lowest BCUT2D eigenvalue weighted by molar-refractivity contribution is 0.0919. The Labute approximate surface area is 131 Å². The van der Waals surface area contributed by atoms with E-state index in [1.54, 1.807) is 17.0 Å². The lowest BCUT2D eigenvalue weighted by Crippen LogP contribution is -2.40. The van der Waals surface area contributed by atoms with Crippen LogP contribution in [0.3, 0.4) is 0 Å². The van der Waals surface area contributed by atoms with Crippen LogP contribution in [0.15, 0.2) is 27.5 Å². The Kier molecular flexibility index (Phi) is 4.28. The maximum Gasteiger partial charge on any atom is 0.285 e. The van der Waals surface area contributed by atoms with Gasteiger partial charge in [-0.25, -0.2) is 0 Å². The summed E-state index contributed by atoms with van der Waals surface area (Å²) in [5.41, 5.74) is 0.480. The molecule has 0 aromatic heterocycles. The summed E-state index contributed by atoms with van der Waals surface area (Å²) in [6.07, 6.45) is 2.19. The molecule has 1 aromatic rings. The minimum absolute atomic E-state index is 0.0741. The molecule has 1 N–H and O–H groups in total. The monoisotopic (exact) mass is 323 g/mol. The van der Waals surface area contributed by atoms with Crippen LogP contribution in [0.1, 0.15) is 44.5 Å². The van der Waals surface area contributed by atoms with Gasteiger partial charge < -0.3 is 10.2 Å². The minimum Gasteiger partial charge on any atom is -0.347 e. The smallest absolute Gasteiger partial charge is 0.285 e. The molecule has 1 aliphatic heterocycles. The third kappa shape index (κ3) is 3.47. The van der Waals surface area contributed by atoms with Gasteiger partial charge in [0.2, 0.25) is 0 Å². The van der Waals surface area contributed by atoms with E-state index in [2.05, 4.69) is 9.71 Å². The predicted molar refractivity (Wildman–Crippen MR) is 87.0 cm³/mol. The molecule has 0 saturated carbocycles. The molecule has 1 amide bonds. The molecule has 0 bridgehead atoms. The van der Waals surface area contributed by atoms with E-state index in [0.29, 0.717) is 17.8 Å². The number of hydrogen-bond donors (Lipinski definition) is 1. The van der Waals surface area contributed by atoms with Gasteiger partial charge in [-0.05, 0) is 45.4 Å². The predicted octanol–water partition coefficient (Wildman–Crippen LogP) is 2.16. The maximum atomic E-state index is 12.2. The van der Waals surface area contributed by atoms with Crippen LogP contribution in [0.2, 0.25) is 0 Å². The van der Waals surface area contributed by atoms with Crippen LogP contribution < -0.4 is 10.2 Å². The Balaban J connectivity index is 2.44. The highest BCUT2D eigenvalue weighted by molar-refractivity contribution is 7.90. The second-order valence-corrected chi connectivity index (χ2v) is 7.88. The standard InChI is InChI=1S/C15H21N3O3S/c1-5-8-18-10-16-22(20,21)13-9-11(6-7-12(13)18)14(19)17-15(2,3)4/h6-7,9-10H,5,8H2,1-4H3,(H,17,19). The van der Waals surface area contributed by atoms with E-state index < -0.39 is 15.6 Å². The molecule has 1 aromatic carbocycles. The van der Waals surface area contributed by atoms with Crippen molar-refractivity contribution in [1.29, 1.82) is 0 Å². The van der Waals surface area contributed by atoms with Crippen molar-refractivity contribution in [3.05, 3.63) is 23.8 Å². The van der Waals surface area contributed by atoms with Gasteiger partial charge in [-0.2, -0.15) is 8.42 Å². The molecule has 0 aliphatic carbocycles. The van der Waals surface area contributed by atoms with E-state index in [4.69, 9.17) is 0 Å². The van der Waals surface area contributed by atoms with Gasteiger partial charge in [0.15, 0.2) is 0 Å². The largest absolute Gasteiger partial charge is 0.347 e. The van der Waals surface area contributed by atoms with Gasteiger partial charge in [-0.1, -0.05) is 6.92 Å². The first-order valence-electron chi connectivity index (χ1n) is 7.18.